The molecule has 2 rings (SSSR count). The zero-order chi connectivity index (χ0) is 12.8. The van der Waals surface area contributed by atoms with E-state index in [1.165, 1.54) is 6.21 Å². The van der Waals surface area contributed by atoms with E-state index in [0.717, 1.165) is 12.0 Å². The van der Waals surface area contributed by atoms with Crippen LogP contribution in [0.2, 0.25) is 0 Å². The molecule has 5 nitrogen and oxygen atoms in total. The van der Waals surface area contributed by atoms with Crippen LogP contribution in [0.5, 0.6) is 0 Å². The molecule has 1 aliphatic rings. The van der Waals surface area contributed by atoms with E-state index >= 15 is 0 Å². The van der Waals surface area contributed by atoms with Crippen LogP contribution in [0.4, 0.5) is 0 Å². The van der Waals surface area contributed by atoms with Crippen molar-refractivity contribution in [2.45, 2.75) is 6.42 Å². The fourth-order valence-corrected chi connectivity index (χ4v) is 1.73. The van der Waals surface area contributed by atoms with Crippen molar-refractivity contribution in [1.29, 1.82) is 0 Å². The highest BCUT2D eigenvalue weighted by molar-refractivity contribution is 5.89. The second-order valence-electron chi connectivity index (χ2n) is 3.92. The molecule has 0 bridgehead atoms. The molecule has 0 atom stereocenters. The smallest absolute Gasteiger partial charge is 0.357 e. The first-order valence-electron chi connectivity index (χ1n) is 5.68. The average Bonchev–Trinajstić information content (AvgIpc) is 2.40. The number of benzene rings is 1. The van der Waals surface area contributed by atoms with Gasteiger partial charge in [0.1, 0.15) is 0 Å². The molecule has 18 heavy (non-hydrogen) atoms. The molecular formula is C13H14N2O3. The summed E-state index contributed by atoms with van der Waals surface area (Å²) in [7, 11) is 0. The van der Waals surface area contributed by atoms with Crippen molar-refractivity contribution in [2.24, 2.45) is 5.16 Å². The monoisotopic (exact) mass is 246 g/mol. The minimum absolute atomic E-state index is 0.377. The van der Waals surface area contributed by atoms with E-state index in [0.29, 0.717) is 18.7 Å². The molecular weight excluding hydrogens is 232 g/mol. The van der Waals surface area contributed by atoms with Crippen LogP contribution in [0.1, 0.15) is 16.8 Å². The van der Waals surface area contributed by atoms with Gasteiger partial charge in [0.05, 0.1) is 18.3 Å². The van der Waals surface area contributed by atoms with Gasteiger partial charge in [0.2, 0.25) is 0 Å². The van der Waals surface area contributed by atoms with Crippen LogP contribution in [-0.2, 0) is 4.84 Å². The summed E-state index contributed by atoms with van der Waals surface area (Å²) in [6.07, 6.45) is 4.05. The van der Waals surface area contributed by atoms with Gasteiger partial charge in [-0.1, -0.05) is 29.4 Å². The van der Waals surface area contributed by atoms with Crippen molar-refractivity contribution in [1.82, 2.24) is 5.06 Å². The Labute approximate surface area is 105 Å². The molecule has 0 spiro atoms. The number of oxime groups is 1. The summed E-state index contributed by atoms with van der Waals surface area (Å²) in [6.45, 7) is 1.07. The second-order valence-corrected chi connectivity index (χ2v) is 3.92. The normalized spacial score (nSPS) is 16.6. The average molecular weight is 246 g/mol. The van der Waals surface area contributed by atoms with Gasteiger partial charge in [0, 0.05) is 6.54 Å². The fourth-order valence-electron chi connectivity index (χ4n) is 1.73. The lowest BCUT2D eigenvalue weighted by atomic mass is 10.2. The summed E-state index contributed by atoms with van der Waals surface area (Å²) in [5.74, 6) is -0.377. The van der Waals surface area contributed by atoms with E-state index in [9.17, 15) is 4.79 Å². The number of hydroxylamine groups is 2. The van der Waals surface area contributed by atoms with Gasteiger partial charge in [-0.05, 0) is 24.1 Å². The molecule has 0 radical (unpaired) electrons. The predicted molar refractivity (Wildman–Crippen MR) is 66.4 cm³/mol. The lowest BCUT2D eigenvalue weighted by Gasteiger charge is -2.24. The summed E-state index contributed by atoms with van der Waals surface area (Å²) in [5.41, 5.74) is 1.34. The molecule has 0 aliphatic carbocycles. The first-order valence-corrected chi connectivity index (χ1v) is 5.68. The van der Waals surface area contributed by atoms with E-state index in [4.69, 9.17) is 10.0 Å². The first-order chi connectivity index (χ1) is 8.79. The first kappa shape index (κ1) is 12.3. The molecule has 94 valence electrons. The number of carbonyl (C=O) groups is 1. The zero-order valence-electron chi connectivity index (χ0n) is 9.82. The minimum atomic E-state index is -0.377. The maximum absolute atomic E-state index is 11.8. The Morgan fingerprint density at radius 1 is 1.39 bits per heavy atom. The molecule has 0 saturated carbocycles. The van der Waals surface area contributed by atoms with Gasteiger partial charge in [0.15, 0.2) is 0 Å². The number of hydrogen-bond acceptors (Lipinski definition) is 5. The summed E-state index contributed by atoms with van der Waals surface area (Å²) in [5, 5.41) is 13.0. The molecule has 0 unspecified atom stereocenters. The number of nitrogens with zero attached hydrogens (tertiary/aromatic N) is 2. The molecule has 5 heteroatoms. The van der Waals surface area contributed by atoms with Crippen LogP contribution < -0.4 is 0 Å². The number of rotatable bonds is 3. The van der Waals surface area contributed by atoms with Crippen molar-refractivity contribution >= 4 is 12.2 Å². The van der Waals surface area contributed by atoms with Gasteiger partial charge >= 0.3 is 5.97 Å². The SMILES string of the molecule is O=C(ON1CCC=C(C=NO)C1)c1ccccc1. The molecule has 0 aromatic heterocycles. The van der Waals surface area contributed by atoms with Crippen LogP contribution in [0.25, 0.3) is 0 Å². The van der Waals surface area contributed by atoms with E-state index in [1.54, 1.807) is 29.3 Å². The van der Waals surface area contributed by atoms with Gasteiger partial charge < -0.3 is 10.0 Å². The van der Waals surface area contributed by atoms with Crippen molar-refractivity contribution in [3.8, 4) is 0 Å². The maximum atomic E-state index is 11.8. The van der Waals surface area contributed by atoms with Crippen LogP contribution >= 0.6 is 0 Å². The Balaban J connectivity index is 1.95. The van der Waals surface area contributed by atoms with Crippen molar-refractivity contribution in [3.05, 3.63) is 47.5 Å². The third-order valence-electron chi connectivity index (χ3n) is 2.59. The quantitative estimate of drug-likeness (QED) is 0.502. The number of hydrogen-bond donors (Lipinski definition) is 1. The highest BCUT2D eigenvalue weighted by Gasteiger charge is 2.17. The van der Waals surface area contributed by atoms with E-state index < -0.39 is 0 Å². The Bertz CT molecular complexity index is 468. The third kappa shape index (κ3) is 3.18. The molecule has 0 saturated heterocycles. The van der Waals surface area contributed by atoms with E-state index in [-0.39, 0.29) is 5.97 Å². The van der Waals surface area contributed by atoms with Crippen LogP contribution in [0.3, 0.4) is 0 Å². The zero-order valence-corrected chi connectivity index (χ0v) is 9.82. The fraction of sp³-hybridized carbons (Fsp3) is 0.231. The molecule has 0 amide bonds. The van der Waals surface area contributed by atoms with Crippen molar-refractivity contribution in [3.63, 3.8) is 0 Å². The highest BCUT2D eigenvalue weighted by Crippen LogP contribution is 2.11. The van der Waals surface area contributed by atoms with Crippen molar-refractivity contribution < 1.29 is 14.8 Å². The lowest BCUT2D eigenvalue weighted by Crippen LogP contribution is -2.33. The minimum Gasteiger partial charge on any atom is -0.411 e. The molecule has 1 aromatic carbocycles. The Hall–Kier alpha value is -2.14. The largest absolute Gasteiger partial charge is 0.411 e. The second kappa shape index (κ2) is 5.97. The van der Waals surface area contributed by atoms with Gasteiger partial charge in [-0.25, -0.2) is 4.79 Å². The van der Waals surface area contributed by atoms with E-state index in [2.05, 4.69) is 5.16 Å². The van der Waals surface area contributed by atoms with E-state index in [1.807, 2.05) is 12.1 Å². The third-order valence-corrected chi connectivity index (χ3v) is 2.59. The number of carbonyl (C=O) groups excluding carboxylic acids is 1. The topological polar surface area (TPSA) is 62.1 Å². The Morgan fingerprint density at radius 3 is 2.89 bits per heavy atom. The molecule has 1 heterocycles. The predicted octanol–water partition coefficient (Wildman–Crippen LogP) is 1.85. The van der Waals surface area contributed by atoms with Crippen LogP contribution in [-0.4, -0.2) is 35.5 Å². The van der Waals surface area contributed by atoms with Gasteiger partial charge in [0.25, 0.3) is 0 Å². The maximum Gasteiger partial charge on any atom is 0.357 e. The Morgan fingerprint density at radius 2 is 2.17 bits per heavy atom. The molecule has 0 fully saturated rings. The summed E-state index contributed by atoms with van der Waals surface area (Å²) >= 11 is 0. The molecule has 1 N–H and O–H groups in total. The summed E-state index contributed by atoms with van der Waals surface area (Å²) in [4.78, 5) is 17.1. The Kier molecular flexibility index (Phi) is 4.09. The molecule has 1 aromatic rings. The molecule has 1 aliphatic heterocycles. The van der Waals surface area contributed by atoms with Crippen LogP contribution in [0, 0.1) is 0 Å². The van der Waals surface area contributed by atoms with Gasteiger partial charge in [-0.2, -0.15) is 0 Å². The van der Waals surface area contributed by atoms with Gasteiger partial charge in [-0.15, -0.1) is 5.06 Å². The highest BCUT2D eigenvalue weighted by atomic mass is 16.7. The van der Waals surface area contributed by atoms with Crippen molar-refractivity contribution in [2.75, 3.05) is 13.1 Å². The lowest BCUT2D eigenvalue weighted by molar-refractivity contribution is -0.104. The standard InChI is InChI=1S/C13H14N2O3/c16-13(12-6-2-1-3-7-12)18-15-8-4-5-11(10-15)9-14-17/h1-3,5-7,9,17H,4,8,10H2. The van der Waals surface area contributed by atoms with Gasteiger partial charge in [-0.3, -0.25) is 0 Å². The van der Waals surface area contributed by atoms with Crippen LogP contribution in [0.15, 0.2) is 47.1 Å². The summed E-state index contributed by atoms with van der Waals surface area (Å²) < 4.78 is 0. The summed E-state index contributed by atoms with van der Waals surface area (Å²) in [6, 6.07) is 8.83.